The van der Waals surface area contributed by atoms with Crippen LogP contribution in [0.1, 0.15) is 23.8 Å². The third-order valence-electron chi connectivity index (χ3n) is 4.04. The van der Waals surface area contributed by atoms with E-state index in [0.717, 1.165) is 29.5 Å². The average molecular weight is 349 g/mol. The molecule has 0 fully saturated rings. The molecule has 2 aromatic rings. The van der Waals surface area contributed by atoms with Gasteiger partial charge in [0.25, 0.3) is 5.56 Å². The standard InChI is InChI=1S/C16H19N3O2S2/c1-3-6-19-15(21)13-10-5-4-9(2)7-11(10)23-14(13)18-16(19)22-8-12(17)20/h3,9H,1,4-8H2,2H3,(H2,17,20). The van der Waals surface area contributed by atoms with Crippen molar-refractivity contribution in [1.82, 2.24) is 9.55 Å². The lowest BCUT2D eigenvalue weighted by atomic mass is 9.89. The molecule has 1 atom stereocenters. The molecule has 0 aromatic carbocycles. The molecule has 5 nitrogen and oxygen atoms in total. The molecule has 0 saturated heterocycles. The molecule has 0 bridgehead atoms. The molecule has 0 radical (unpaired) electrons. The number of carbonyl (C=O) groups is 1. The molecule has 1 aliphatic carbocycles. The van der Waals surface area contributed by atoms with Crippen molar-refractivity contribution in [2.45, 2.75) is 37.9 Å². The van der Waals surface area contributed by atoms with Crippen LogP contribution in [0.15, 0.2) is 22.6 Å². The van der Waals surface area contributed by atoms with Crippen molar-refractivity contribution >= 4 is 39.2 Å². The van der Waals surface area contributed by atoms with E-state index >= 15 is 0 Å². The summed E-state index contributed by atoms with van der Waals surface area (Å²) in [5.41, 5.74) is 6.36. The van der Waals surface area contributed by atoms with E-state index in [1.54, 1.807) is 22.0 Å². The van der Waals surface area contributed by atoms with E-state index < -0.39 is 5.91 Å². The summed E-state index contributed by atoms with van der Waals surface area (Å²) in [6.45, 7) is 6.33. The Morgan fingerprint density at radius 1 is 1.61 bits per heavy atom. The van der Waals surface area contributed by atoms with E-state index in [-0.39, 0.29) is 11.3 Å². The molecular formula is C16H19N3O2S2. The number of rotatable bonds is 5. The van der Waals surface area contributed by atoms with Crippen molar-refractivity contribution in [1.29, 1.82) is 0 Å². The van der Waals surface area contributed by atoms with Crippen LogP contribution in [0.4, 0.5) is 0 Å². The second kappa shape index (κ2) is 6.49. The van der Waals surface area contributed by atoms with Crippen molar-refractivity contribution in [2.75, 3.05) is 5.75 Å². The molecule has 122 valence electrons. The number of fused-ring (bicyclic) bond motifs is 3. The normalized spacial score (nSPS) is 17.2. The molecule has 1 aliphatic rings. The molecular weight excluding hydrogens is 330 g/mol. The zero-order valence-electron chi connectivity index (χ0n) is 13.0. The number of thioether (sulfide) groups is 1. The van der Waals surface area contributed by atoms with Crippen LogP contribution in [-0.2, 0) is 24.2 Å². The lowest BCUT2D eigenvalue weighted by Crippen LogP contribution is -2.24. The molecule has 0 aliphatic heterocycles. The summed E-state index contributed by atoms with van der Waals surface area (Å²) in [6, 6.07) is 0. The van der Waals surface area contributed by atoms with Gasteiger partial charge < -0.3 is 5.73 Å². The monoisotopic (exact) mass is 349 g/mol. The molecule has 7 heteroatoms. The summed E-state index contributed by atoms with van der Waals surface area (Å²) in [7, 11) is 0. The molecule has 0 spiro atoms. The van der Waals surface area contributed by atoms with Crippen LogP contribution in [0, 0.1) is 5.92 Å². The Labute approximate surface area is 142 Å². The van der Waals surface area contributed by atoms with Crippen LogP contribution >= 0.6 is 23.1 Å². The Morgan fingerprint density at radius 3 is 3.09 bits per heavy atom. The second-order valence-corrected chi connectivity index (χ2v) is 7.91. The van der Waals surface area contributed by atoms with E-state index in [1.807, 2.05) is 0 Å². The Morgan fingerprint density at radius 2 is 2.39 bits per heavy atom. The van der Waals surface area contributed by atoms with Crippen molar-refractivity contribution in [3.8, 4) is 0 Å². The summed E-state index contributed by atoms with van der Waals surface area (Å²) in [5.74, 6) is 0.334. The number of primary amides is 1. The maximum Gasteiger partial charge on any atom is 0.263 e. The van der Waals surface area contributed by atoms with Crippen LogP contribution in [-0.4, -0.2) is 21.2 Å². The first-order valence-corrected chi connectivity index (χ1v) is 9.38. The van der Waals surface area contributed by atoms with Crippen LogP contribution < -0.4 is 11.3 Å². The number of aryl methyl sites for hydroxylation is 1. The van der Waals surface area contributed by atoms with Gasteiger partial charge in [0.1, 0.15) is 4.83 Å². The van der Waals surface area contributed by atoms with Gasteiger partial charge >= 0.3 is 0 Å². The quantitative estimate of drug-likeness (QED) is 0.510. The van der Waals surface area contributed by atoms with E-state index in [9.17, 15) is 9.59 Å². The van der Waals surface area contributed by atoms with Crippen LogP contribution in [0.2, 0.25) is 0 Å². The Kier molecular flexibility index (Phi) is 4.59. The zero-order chi connectivity index (χ0) is 16.6. The number of thiophene rings is 1. The van der Waals surface area contributed by atoms with Gasteiger partial charge in [-0.3, -0.25) is 14.2 Å². The molecule has 23 heavy (non-hydrogen) atoms. The number of allylic oxidation sites excluding steroid dienone is 1. The van der Waals surface area contributed by atoms with E-state index in [2.05, 4.69) is 18.5 Å². The second-order valence-electron chi connectivity index (χ2n) is 5.89. The number of nitrogens with zero attached hydrogens (tertiary/aromatic N) is 2. The first kappa shape index (κ1) is 16.3. The maximum absolute atomic E-state index is 13.0. The first-order valence-electron chi connectivity index (χ1n) is 7.58. The minimum atomic E-state index is -0.422. The van der Waals surface area contributed by atoms with Gasteiger partial charge in [0.15, 0.2) is 5.16 Å². The summed E-state index contributed by atoms with van der Waals surface area (Å²) in [5, 5.41) is 1.29. The molecule has 1 amide bonds. The van der Waals surface area contributed by atoms with Crippen LogP contribution in [0.5, 0.6) is 0 Å². The van der Waals surface area contributed by atoms with E-state index in [1.165, 1.54) is 22.2 Å². The summed E-state index contributed by atoms with van der Waals surface area (Å²) in [4.78, 5) is 30.7. The van der Waals surface area contributed by atoms with Crippen molar-refractivity contribution in [3.63, 3.8) is 0 Å². The molecule has 1 unspecified atom stereocenters. The van der Waals surface area contributed by atoms with Crippen molar-refractivity contribution < 1.29 is 4.79 Å². The van der Waals surface area contributed by atoms with Crippen molar-refractivity contribution in [2.24, 2.45) is 11.7 Å². The van der Waals surface area contributed by atoms with Gasteiger partial charge in [-0.05, 0) is 30.7 Å². The minimum Gasteiger partial charge on any atom is -0.369 e. The highest BCUT2D eigenvalue weighted by molar-refractivity contribution is 7.99. The number of hydrogen-bond donors (Lipinski definition) is 1. The number of amides is 1. The number of nitrogens with two attached hydrogens (primary N) is 1. The van der Waals surface area contributed by atoms with Crippen molar-refractivity contribution in [3.05, 3.63) is 33.4 Å². The molecule has 2 aromatic heterocycles. The smallest absolute Gasteiger partial charge is 0.263 e. The SMILES string of the molecule is C=CCn1c(SCC(N)=O)nc2sc3c(c2c1=O)CCC(C)C3. The Bertz CT molecular complexity index is 838. The number of hydrogen-bond acceptors (Lipinski definition) is 5. The zero-order valence-corrected chi connectivity index (χ0v) is 14.6. The van der Waals surface area contributed by atoms with Gasteiger partial charge in [0.05, 0.1) is 11.1 Å². The Hall–Kier alpha value is -1.60. The predicted molar refractivity (Wildman–Crippen MR) is 95.2 cm³/mol. The summed E-state index contributed by atoms with van der Waals surface area (Å²) >= 11 is 2.82. The van der Waals surface area contributed by atoms with E-state index in [4.69, 9.17) is 5.73 Å². The lowest BCUT2D eigenvalue weighted by Gasteiger charge is -2.17. The predicted octanol–water partition coefficient (Wildman–Crippen LogP) is 2.35. The molecule has 3 rings (SSSR count). The minimum absolute atomic E-state index is 0.0334. The molecule has 2 heterocycles. The maximum atomic E-state index is 13.0. The fourth-order valence-electron chi connectivity index (χ4n) is 2.94. The summed E-state index contributed by atoms with van der Waals surface area (Å²) in [6.07, 6.45) is 4.73. The third kappa shape index (κ3) is 3.07. The topological polar surface area (TPSA) is 78.0 Å². The molecule has 2 N–H and O–H groups in total. The third-order valence-corrected chi connectivity index (χ3v) is 6.18. The van der Waals surface area contributed by atoms with Gasteiger partial charge in [-0.25, -0.2) is 4.98 Å². The highest BCUT2D eigenvalue weighted by Crippen LogP contribution is 2.36. The highest BCUT2D eigenvalue weighted by atomic mass is 32.2. The lowest BCUT2D eigenvalue weighted by molar-refractivity contribution is -0.115. The van der Waals surface area contributed by atoms with Gasteiger partial charge in [-0.15, -0.1) is 17.9 Å². The Balaban J connectivity index is 2.17. The first-order chi connectivity index (χ1) is 11.0. The number of aromatic nitrogens is 2. The summed E-state index contributed by atoms with van der Waals surface area (Å²) < 4.78 is 1.59. The van der Waals surface area contributed by atoms with Gasteiger partial charge in [-0.2, -0.15) is 0 Å². The highest BCUT2D eigenvalue weighted by Gasteiger charge is 2.24. The fourth-order valence-corrected chi connectivity index (χ4v) is 5.11. The van der Waals surface area contributed by atoms with Gasteiger partial charge in [0.2, 0.25) is 5.91 Å². The fraction of sp³-hybridized carbons (Fsp3) is 0.438. The van der Waals surface area contributed by atoms with Gasteiger partial charge in [0, 0.05) is 11.4 Å². The van der Waals surface area contributed by atoms with E-state index in [0.29, 0.717) is 17.6 Å². The van der Waals surface area contributed by atoms with Gasteiger partial charge in [-0.1, -0.05) is 24.8 Å². The largest absolute Gasteiger partial charge is 0.369 e. The van der Waals surface area contributed by atoms with Crippen LogP contribution in [0.25, 0.3) is 10.2 Å². The average Bonchev–Trinajstić information content (AvgIpc) is 2.85. The number of carbonyl (C=O) groups excluding carboxylic acids is 1. The molecule has 0 saturated carbocycles. The van der Waals surface area contributed by atoms with Crippen LogP contribution in [0.3, 0.4) is 0 Å².